The van der Waals surface area contributed by atoms with Gasteiger partial charge in [-0.2, -0.15) is 0 Å². The molecule has 2 atom stereocenters. The standard InChI is InChI=1S/C16H13NO4/c1-10-5-7-11(8-6-10)14(18)16-15(21-16)12-3-2-4-13(9-12)17(19)20/h2-9,15-16H,1H3/t15-,16-/m1/s1. The van der Waals surface area contributed by atoms with E-state index in [1.54, 1.807) is 24.3 Å². The number of hydrogen-bond acceptors (Lipinski definition) is 4. The Bertz CT molecular complexity index is 708. The third-order valence-corrected chi connectivity index (χ3v) is 3.50. The summed E-state index contributed by atoms with van der Waals surface area (Å²) in [5, 5.41) is 10.8. The number of nitrogens with zero attached hydrogens (tertiary/aromatic N) is 1. The predicted molar refractivity (Wildman–Crippen MR) is 76.2 cm³/mol. The fourth-order valence-electron chi connectivity index (χ4n) is 2.26. The van der Waals surface area contributed by atoms with Crippen molar-refractivity contribution < 1.29 is 14.5 Å². The third kappa shape index (κ3) is 2.68. The number of hydrogen-bond donors (Lipinski definition) is 0. The van der Waals surface area contributed by atoms with Crippen LogP contribution in [0.5, 0.6) is 0 Å². The molecule has 0 N–H and O–H groups in total. The smallest absolute Gasteiger partial charge is 0.269 e. The molecular weight excluding hydrogens is 270 g/mol. The molecule has 5 nitrogen and oxygen atoms in total. The molecule has 21 heavy (non-hydrogen) atoms. The minimum Gasteiger partial charge on any atom is -0.356 e. The molecule has 1 saturated heterocycles. The number of nitro groups is 1. The lowest BCUT2D eigenvalue weighted by atomic mass is 10.0. The van der Waals surface area contributed by atoms with Crippen LogP contribution in [0, 0.1) is 17.0 Å². The van der Waals surface area contributed by atoms with Crippen LogP contribution in [-0.4, -0.2) is 16.8 Å². The monoisotopic (exact) mass is 283 g/mol. The summed E-state index contributed by atoms with van der Waals surface area (Å²) in [5.74, 6) is -0.0912. The van der Waals surface area contributed by atoms with E-state index in [1.807, 2.05) is 19.1 Å². The van der Waals surface area contributed by atoms with Gasteiger partial charge in [0.25, 0.3) is 5.69 Å². The molecule has 1 fully saturated rings. The van der Waals surface area contributed by atoms with Gasteiger partial charge in [0.15, 0.2) is 11.9 Å². The number of aryl methyl sites for hydroxylation is 1. The largest absolute Gasteiger partial charge is 0.356 e. The normalized spacial score (nSPS) is 20.0. The Morgan fingerprint density at radius 1 is 1.19 bits per heavy atom. The van der Waals surface area contributed by atoms with E-state index < -0.39 is 17.1 Å². The quantitative estimate of drug-likeness (QED) is 0.374. The van der Waals surface area contributed by atoms with Gasteiger partial charge in [-0.15, -0.1) is 0 Å². The van der Waals surface area contributed by atoms with Crippen LogP contribution in [0.25, 0.3) is 0 Å². The number of rotatable bonds is 4. The Morgan fingerprint density at radius 2 is 1.90 bits per heavy atom. The molecule has 3 rings (SSSR count). The van der Waals surface area contributed by atoms with Crippen LogP contribution < -0.4 is 0 Å². The van der Waals surface area contributed by atoms with Gasteiger partial charge in [0.05, 0.1) is 4.92 Å². The van der Waals surface area contributed by atoms with Crippen molar-refractivity contribution in [2.75, 3.05) is 0 Å². The summed E-state index contributed by atoms with van der Waals surface area (Å²) in [5.41, 5.74) is 2.34. The Labute approximate surface area is 121 Å². The van der Waals surface area contributed by atoms with Crippen molar-refractivity contribution in [1.29, 1.82) is 0 Å². The van der Waals surface area contributed by atoms with Gasteiger partial charge in [-0.25, -0.2) is 0 Å². The highest BCUT2D eigenvalue weighted by molar-refractivity contribution is 6.01. The molecule has 1 aliphatic rings. The minimum atomic E-state index is -0.547. The van der Waals surface area contributed by atoms with Crippen molar-refractivity contribution in [3.05, 3.63) is 75.3 Å². The van der Waals surface area contributed by atoms with Gasteiger partial charge in [0.2, 0.25) is 0 Å². The topological polar surface area (TPSA) is 72.7 Å². The maximum absolute atomic E-state index is 12.3. The fraction of sp³-hybridized carbons (Fsp3) is 0.188. The summed E-state index contributed by atoms with van der Waals surface area (Å²) in [4.78, 5) is 22.6. The Hall–Kier alpha value is -2.53. The van der Waals surface area contributed by atoms with Gasteiger partial charge in [0.1, 0.15) is 6.10 Å². The maximum Gasteiger partial charge on any atom is 0.269 e. The lowest BCUT2D eigenvalue weighted by Crippen LogP contribution is -2.08. The Kier molecular flexibility index (Phi) is 3.27. The van der Waals surface area contributed by atoms with Crippen LogP contribution in [0.2, 0.25) is 0 Å². The second kappa shape index (κ2) is 5.10. The highest BCUT2D eigenvalue weighted by Gasteiger charge is 2.46. The first-order chi connectivity index (χ1) is 10.1. The summed E-state index contributed by atoms with van der Waals surface area (Å²) < 4.78 is 5.41. The van der Waals surface area contributed by atoms with Crippen molar-refractivity contribution >= 4 is 11.5 Å². The molecule has 0 saturated carbocycles. The van der Waals surface area contributed by atoms with E-state index >= 15 is 0 Å². The van der Waals surface area contributed by atoms with Crippen LogP contribution in [0.15, 0.2) is 48.5 Å². The zero-order valence-electron chi connectivity index (χ0n) is 11.4. The van der Waals surface area contributed by atoms with Gasteiger partial charge in [-0.05, 0) is 12.5 Å². The Balaban J connectivity index is 1.77. The molecule has 0 unspecified atom stereocenters. The van der Waals surface area contributed by atoms with Crippen molar-refractivity contribution in [1.82, 2.24) is 0 Å². The van der Waals surface area contributed by atoms with Gasteiger partial charge >= 0.3 is 0 Å². The van der Waals surface area contributed by atoms with Gasteiger partial charge in [-0.3, -0.25) is 14.9 Å². The second-order valence-electron chi connectivity index (χ2n) is 5.06. The van der Waals surface area contributed by atoms with E-state index in [0.29, 0.717) is 11.1 Å². The summed E-state index contributed by atoms with van der Waals surface area (Å²) >= 11 is 0. The van der Waals surface area contributed by atoms with E-state index in [9.17, 15) is 14.9 Å². The summed E-state index contributed by atoms with van der Waals surface area (Å²) in [6.45, 7) is 1.95. The molecule has 2 aromatic carbocycles. The first-order valence-electron chi connectivity index (χ1n) is 6.57. The first kappa shape index (κ1) is 13.5. The number of epoxide rings is 1. The molecule has 0 amide bonds. The van der Waals surface area contributed by atoms with Crippen molar-refractivity contribution in [2.24, 2.45) is 0 Å². The molecule has 0 bridgehead atoms. The molecule has 0 radical (unpaired) electrons. The third-order valence-electron chi connectivity index (χ3n) is 3.50. The number of carbonyl (C=O) groups is 1. The van der Waals surface area contributed by atoms with E-state index in [2.05, 4.69) is 0 Å². The maximum atomic E-state index is 12.3. The van der Waals surface area contributed by atoms with E-state index in [0.717, 1.165) is 5.56 Å². The van der Waals surface area contributed by atoms with E-state index in [-0.39, 0.29) is 11.5 Å². The number of ketones is 1. The lowest BCUT2D eigenvalue weighted by molar-refractivity contribution is -0.384. The van der Waals surface area contributed by atoms with Gasteiger partial charge < -0.3 is 4.74 Å². The number of nitro benzene ring substituents is 1. The SMILES string of the molecule is Cc1ccc(C(=O)[C@H]2O[C@@H]2c2cccc([N+](=O)[O-])c2)cc1. The van der Waals surface area contributed by atoms with Gasteiger partial charge in [0, 0.05) is 17.7 Å². The molecule has 2 aromatic rings. The molecular formula is C16H13NO4. The minimum absolute atomic E-state index is 0.00420. The predicted octanol–water partition coefficient (Wildman–Crippen LogP) is 3.23. The van der Waals surface area contributed by atoms with Crippen molar-refractivity contribution in [3.8, 4) is 0 Å². The van der Waals surface area contributed by atoms with Crippen LogP contribution in [0.3, 0.4) is 0 Å². The molecule has 0 spiro atoms. The number of carbonyl (C=O) groups excluding carboxylic acids is 1. The number of Topliss-reactive ketones (excluding diaryl/α,β-unsaturated/α-hetero) is 1. The lowest BCUT2D eigenvalue weighted by Gasteiger charge is -1.99. The highest BCUT2D eigenvalue weighted by atomic mass is 16.6. The molecule has 1 heterocycles. The van der Waals surface area contributed by atoms with Gasteiger partial charge in [-0.1, -0.05) is 42.0 Å². The molecule has 1 aliphatic heterocycles. The van der Waals surface area contributed by atoms with Crippen LogP contribution in [0.1, 0.15) is 27.6 Å². The van der Waals surface area contributed by atoms with Crippen LogP contribution in [0.4, 0.5) is 5.69 Å². The molecule has 0 aromatic heterocycles. The molecule has 5 heteroatoms. The average Bonchev–Trinajstić information content (AvgIpc) is 3.28. The van der Waals surface area contributed by atoms with E-state index in [4.69, 9.17) is 4.74 Å². The fourth-order valence-corrected chi connectivity index (χ4v) is 2.26. The average molecular weight is 283 g/mol. The van der Waals surface area contributed by atoms with Crippen LogP contribution in [-0.2, 0) is 4.74 Å². The summed E-state index contributed by atoms with van der Waals surface area (Å²) in [6, 6.07) is 13.5. The first-order valence-corrected chi connectivity index (χ1v) is 6.57. The molecule has 0 aliphatic carbocycles. The molecule has 106 valence electrons. The summed E-state index contributed by atoms with van der Waals surface area (Å²) in [6.07, 6.45) is -0.937. The number of non-ortho nitro benzene ring substituents is 1. The van der Waals surface area contributed by atoms with Crippen molar-refractivity contribution in [3.63, 3.8) is 0 Å². The Morgan fingerprint density at radius 3 is 2.57 bits per heavy atom. The zero-order valence-corrected chi connectivity index (χ0v) is 11.4. The van der Waals surface area contributed by atoms with Crippen molar-refractivity contribution in [2.45, 2.75) is 19.1 Å². The number of benzene rings is 2. The highest BCUT2D eigenvalue weighted by Crippen LogP contribution is 2.41. The number of ether oxygens (including phenoxy) is 1. The zero-order chi connectivity index (χ0) is 15.0. The van der Waals surface area contributed by atoms with Crippen LogP contribution >= 0.6 is 0 Å². The second-order valence-corrected chi connectivity index (χ2v) is 5.06. The summed E-state index contributed by atoms with van der Waals surface area (Å²) in [7, 11) is 0. The van der Waals surface area contributed by atoms with E-state index in [1.165, 1.54) is 12.1 Å².